The highest BCUT2D eigenvalue weighted by molar-refractivity contribution is 8.02. The average molecular weight is 461 g/mol. The number of Topliss-reactive ketones (excluding diaryl/α,β-unsaturated/α-hetero) is 1. The summed E-state index contributed by atoms with van der Waals surface area (Å²) in [6.45, 7) is 2.20. The van der Waals surface area contributed by atoms with Gasteiger partial charge in [-0.2, -0.15) is 5.26 Å². The maximum Gasteiger partial charge on any atom is 0.165 e. The fraction of sp³-hybridized carbons (Fsp3) is 0.500. The van der Waals surface area contributed by atoms with Gasteiger partial charge in [0.15, 0.2) is 5.78 Å². The normalized spacial score (nSPS) is 30.6. The first-order valence-electron chi connectivity index (χ1n) is 11.9. The number of nitriles is 1. The van der Waals surface area contributed by atoms with Gasteiger partial charge >= 0.3 is 0 Å². The Morgan fingerprint density at radius 1 is 1.33 bits per heavy atom. The van der Waals surface area contributed by atoms with Crippen LogP contribution in [0.5, 0.6) is 5.75 Å². The van der Waals surface area contributed by atoms with Gasteiger partial charge in [-0.3, -0.25) is 4.79 Å². The maximum atomic E-state index is 13.9. The summed E-state index contributed by atoms with van der Waals surface area (Å²) < 4.78 is 7.46. The third kappa shape index (κ3) is 3.37. The summed E-state index contributed by atoms with van der Waals surface area (Å²) in [5.74, 6) is 2.22. The number of rotatable bonds is 4. The number of hydrogen-bond donors (Lipinski definition) is 0. The number of fused-ring (bicyclic) bond motifs is 5. The van der Waals surface area contributed by atoms with Crippen molar-refractivity contribution < 1.29 is 9.53 Å². The quantitative estimate of drug-likeness (QED) is 0.526. The Hall–Kier alpha value is -2.45. The molecule has 1 unspecified atom stereocenters. The van der Waals surface area contributed by atoms with E-state index < -0.39 is 5.92 Å². The molecule has 4 nitrogen and oxygen atoms in total. The summed E-state index contributed by atoms with van der Waals surface area (Å²) in [7, 11) is 3.70. The third-order valence-electron chi connectivity index (χ3n) is 8.73. The summed E-state index contributed by atoms with van der Waals surface area (Å²) in [5.41, 5.74) is 4.44. The molecule has 172 valence electrons. The molecule has 33 heavy (non-hydrogen) atoms. The van der Waals surface area contributed by atoms with Gasteiger partial charge in [0, 0.05) is 34.8 Å². The molecule has 2 fully saturated rings. The van der Waals surface area contributed by atoms with Crippen molar-refractivity contribution in [3.05, 3.63) is 63.8 Å². The van der Waals surface area contributed by atoms with Crippen LogP contribution in [0, 0.1) is 28.6 Å². The van der Waals surface area contributed by atoms with E-state index in [9.17, 15) is 10.1 Å². The van der Waals surface area contributed by atoms with Gasteiger partial charge in [-0.05, 0) is 91.5 Å². The number of nitrogens with zero attached hydrogens (tertiary/aromatic N) is 2. The first-order chi connectivity index (χ1) is 15.9. The van der Waals surface area contributed by atoms with Crippen molar-refractivity contribution >= 4 is 17.5 Å². The third-order valence-corrected chi connectivity index (χ3v) is 9.65. The van der Waals surface area contributed by atoms with Crippen molar-refractivity contribution in [2.24, 2.45) is 24.3 Å². The Bertz CT molecular complexity index is 1170. The van der Waals surface area contributed by atoms with Crippen LogP contribution >= 0.6 is 11.8 Å². The molecule has 5 rings (SSSR count). The van der Waals surface area contributed by atoms with Crippen LogP contribution < -0.4 is 4.74 Å². The van der Waals surface area contributed by atoms with Crippen LogP contribution in [0.25, 0.3) is 0 Å². The zero-order valence-corrected chi connectivity index (χ0v) is 20.7. The van der Waals surface area contributed by atoms with Crippen LogP contribution in [-0.2, 0) is 18.3 Å². The largest absolute Gasteiger partial charge is 0.497 e. The van der Waals surface area contributed by atoms with Gasteiger partial charge in [-0.25, -0.2) is 0 Å². The molecule has 3 aliphatic carbocycles. The van der Waals surface area contributed by atoms with Gasteiger partial charge in [0.1, 0.15) is 11.7 Å². The molecule has 0 radical (unpaired) electrons. The minimum Gasteiger partial charge on any atom is -0.497 e. The molecule has 0 aliphatic heterocycles. The summed E-state index contributed by atoms with van der Waals surface area (Å²) in [6, 6.07) is 13.0. The second-order valence-electron chi connectivity index (χ2n) is 10.1. The van der Waals surface area contributed by atoms with Crippen LogP contribution in [0.3, 0.4) is 0 Å². The number of ether oxygens (including phenoxy) is 1. The monoisotopic (exact) mass is 460 g/mol. The summed E-state index contributed by atoms with van der Waals surface area (Å²) in [4.78, 5) is 14.9. The van der Waals surface area contributed by atoms with Gasteiger partial charge in [-0.15, -0.1) is 11.8 Å². The van der Waals surface area contributed by atoms with E-state index >= 15 is 0 Å². The van der Waals surface area contributed by atoms with E-state index in [0.29, 0.717) is 23.5 Å². The van der Waals surface area contributed by atoms with Crippen molar-refractivity contribution in [3.8, 4) is 11.8 Å². The molecular weight excluding hydrogens is 428 g/mol. The molecule has 0 saturated heterocycles. The molecule has 0 amide bonds. The maximum absolute atomic E-state index is 13.9. The minimum absolute atomic E-state index is 0.297. The van der Waals surface area contributed by atoms with E-state index in [4.69, 9.17) is 4.74 Å². The lowest BCUT2D eigenvalue weighted by atomic mass is 9.55. The second-order valence-corrected chi connectivity index (χ2v) is 11.0. The lowest BCUT2D eigenvalue weighted by molar-refractivity contribution is -0.127. The lowest BCUT2D eigenvalue weighted by Gasteiger charge is -2.48. The molecule has 1 heterocycles. The highest BCUT2D eigenvalue weighted by Crippen LogP contribution is 2.62. The number of benzene rings is 1. The fourth-order valence-electron chi connectivity index (χ4n) is 6.98. The summed E-state index contributed by atoms with van der Waals surface area (Å²) in [6.07, 6.45) is 8.95. The second kappa shape index (κ2) is 8.40. The number of thioether (sulfide) groups is 1. The molecule has 1 aromatic carbocycles. The number of aryl methyl sites for hydroxylation is 2. The summed E-state index contributed by atoms with van der Waals surface area (Å²) >= 11 is 1.59. The van der Waals surface area contributed by atoms with Gasteiger partial charge in [0.2, 0.25) is 0 Å². The standard InChI is InChI=1S/C28H32N2O2S/c1-28-12-11-20-19-10-8-18(32-3)14-17(19)7-9-21(20)24(28)15-22(27(28)31)26(33-4)23(16-29)25-6-5-13-30(25)2/h5-6,8,10,13-14,20-21,23-24H,7,9,11-12,15H2,1-4H3/b26-22+/t20-,21-,23?,24+,28+/m1/s1. The van der Waals surface area contributed by atoms with Crippen molar-refractivity contribution in [2.75, 3.05) is 13.4 Å². The highest BCUT2D eigenvalue weighted by Gasteiger charge is 2.57. The molecule has 5 atom stereocenters. The number of ketones is 1. The molecule has 0 N–H and O–H groups in total. The zero-order chi connectivity index (χ0) is 23.3. The Morgan fingerprint density at radius 3 is 2.82 bits per heavy atom. The number of aromatic nitrogens is 1. The SMILES string of the molecule is COc1ccc2c(c1)CC[C@@H]1[C@@H]2CC[C@]2(C)C(=O)/C(=C(/SC)C(C#N)c3cccn3C)C[C@@H]12. The Morgan fingerprint density at radius 2 is 2.15 bits per heavy atom. The molecular formula is C28H32N2O2S. The van der Waals surface area contributed by atoms with E-state index in [2.05, 4.69) is 31.2 Å². The van der Waals surface area contributed by atoms with Crippen LogP contribution in [0.4, 0.5) is 0 Å². The minimum atomic E-state index is -0.391. The molecule has 1 aromatic heterocycles. The lowest BCUT2D eigenvalue weighted by Crippen LogP contribution is -2.42. The first kappa shape index (κ1) is 22.3. The predicted molar refractivity (Wildman–Crippen MR) is 132 cm³/mol. The molecule has 5 heteroatoms. The van der Waals surface area contributed by atoms with Crippen molar-refractivity contribution in [2.45, 2.75) is 50.9 Å². The van der Waals surface area contributed by atoms with Crippen molar-refractivity contribution in [1.82, 2.24) is 4.57 Å². The predicted octanol–water partition coefficient (Wildman–Crippen LogP) is 5.99. The Labute approximate surface area is 201 Å². The molecule has 2 aromatic rings. The highest BCUT2D eigenvalue weighted by atomic mass is 32.2. The Balaban J connectivity index is 1.53. The number of methoxy groups -OCH3 is 1. The van der Waals surface area contributed by atoms with Gasteiger partial charge < -0.3 is 9.30 Å². The van der Waals surface area contributed by atoms with E-state index in [1.807, 2.05) is 36.2 Å². The first-order valence-corrected chi connectivity index (χ1v) is 13.1. The van der Waals surface area contributed by atoms with E-state index in [0.717, 1.165) is 54.0 Å². The van der Waals surface area contributed by atoms with Crippen LogP contribution in [0.1, 0.15) is 61.3 Å². The van der Waals surface area contributed by atoms with E-state index in [1.54, 1.807) is 18.9 Å². The van der Waals surface area contributed by atoms with E-state index in [-0.39, 0.29) is 5.41 Å². The molecule has 3 aliphatic rings. The number of carbonyl (C=O) groups excluding carboxylic acids is 1. The fourth-order valence-corrected chi connectivity index (χ4v) is 7.81. The van der Waals surface area contributed by atoms with Crippen LogP contribution in [0.2, 0.25) is 0 Å². The zero-order valence-electron chi connectivity index (χ0n) is 19.9. The van der Waals surface area contributed by atoms with Crippen molar-refractivity contribution in [3.63, 3.8) is 0 Å². The van der Waals surface area contributed by atoms with Crippen LogP contribution in [-0.4, -0.2) is 23.7 Å². The van der Waals surface area contributed by atoms with Crippen molar-refractivity contribution in [1.29, 1.82) is 5.26 Å². The number of allylic oxidation sites excluding steroid dienone is 2. The average Bonchev–Trinajstić information content (AvgIpc) is 3.37. The van der Waals surface area contributed by atoms with Gasteiger partial charge in [0.25, 0.3) is 0 Å². The molecule has 0 spiro atoms. The van der Waals surface area contributed by atoms with Gasteiger partial charge in [0.05, 0.1) is 13.2 Å². The topological polar surface area (TPSA) is 55.0 Å². The smallest absolute Gasteiger partial charge is 0.165 e. The molecule has 2 saturated carbocycles. The van der Waals surface area contributed by atoms with E-state index in [1.165, 1.54) is 11.1 Å². The number of hydrogen-bond acceptors (Lipinski definition) is 4. The Kier molecular flexibility index (Phi) is 5.69. The van der Waals surface area contributed by atoms with Crippen LogP contribution in [0.15, 0.2) is 47.0 Å². The summed E-state index contributed by atoms with van der Waals surface area (Å²) in [5, 5.41) is 10.1. The number of carbonyl (C=O) groups is 1. The molecule has 0 bridgehead atoms. The van der Waals surface area contributed by atoms with Gasteiger partial charge in [-0.1, -0.05) is 13.0 Å².